The summed E-state index contributed by atoms with van der Waals surface area (Å²) in [5.41, 5.74) is 5.60. The first kappa shape index (κ1) is 11.5. The standard InChI is InChI=1S/C13H17F2N/c1-9-6-10(8-11(14)7-9)13(15)4-2-12(16)3-5-13/h6-8,12H,2-5,16H2,1H3. The lowest BCUT2D eigenvalue weighted by molar-refractivity contribution is 0.0975. The molecule has 2 N–H and O–H groups in total. The molecule has 3 heteroatoms. The van der Waals surface area contributed by atoms with Crippen molar-refractivity contribution in [2.45, 2.75) is 44.3 Å². The number of benzene rings is 1. The molecule has 0 bridgehead atoms. The smallest absolute Gasteiger partial charge is 0.136 e. The van der Waals surface area contributed by atoms with Crippen LogP contribution in [0.15, 0.2) is 18.2 Å². The topological polar surface area (TPSA) is 26.0 Å². The second kappa shape index (κ2) is 4.13. The number of hydrogen-bond donors (Lipinski definition) is 1. The minimum atomic E-state index is -1.39. The highest BCUT2D eigenvalue weighted by Crippen LogP contribution is 2.40. The van der Waals surface area contributed by atoms with Gasteiger partial charge in [0, 0.05) is 6.04 Å². The van der Waals surface area contributed by atoms with E-state index in [9.17, 15) is 8.78 Å². The first-order valence-electron chi connectivity index (χ1n) is 5.72. The van der Waals surface area contributed by atoms with Crippen LogP contribution >= 0.6 is 0 Å². The zero-order valence-corrected chi connectivity index (χ0v) is 9.47. The average molecular weight is 225 g/mol. The molecule has 0 atom stereocenters. The summed E-state index contributed by atoms with van der Waals surface area (Å²) in [4.78, 5) is 0. The maximum absolute atomic E-state index is 14.6. The highest BCUT2D eigenvalue weighted by Gasteiger charge is 2.36. The first-order chi connectivity index (χ1) is 7.49. The maximum Gasteiger partial charge on any atom is 0.136 e. The van der Waals surface area contributed by atoms with Gasteiger partial charge in [-0.05, 0) is 55.9 Å². The van der Waals surface area contributed by atoms with E-state index in [2.05, 4.69) is 0 Å². The van der Waals surface area contributed by atoms with Crippen molar-refractivity contribution in [2.75, 3.05) is 0 Å². The molecule has 1 nitrogen and oxygen atoms in total. The molecule has 1 aromatic rings. The van der Waals surface area contributed by atoms with Gasteiger partial charge in [-0.25, -0.2) is 8.78 Å². The predicted octanol–water partition coefficient (Wildman–Crippen LogP) is 3.20. The minimum Gasteiger partial charge on any atom is -0.328 e. The summed E-state index contributed by atoms with van der Waals surface area (Å²) in [5.74, 6) is -0.359. The van der Waals surface area contributed by atoms with Crippen LogP contribution in [0, 0.1) is 12.7 Å². The van der Waals surface area contributed by atoms with E-state index in [1.165, 1.54) is 12.1 Å². The van der Waals surface area contributed by atoms with E-state index in [1.807, 2.05) is 0 Å². The molecule has 0 spiro atoms. The van der Waals surface area contributed by atoms with Crippen LogP contribution in [0.3, 0.4) is 0 Å². The van der Waals surface area contributed by atoms with Gasteiger partial charge in [0.05, 0.1) is 0 Å². The molecule has 1 fully saturated rings. The highest BCUT2D eigenvalue weighted by atomic mass is 19.1. The summed E-state index contributed by atoms with van der Waals surface area (Å²) in [5, 5.41) is 0. The Balaban J connectivity index is 2.28. The highest BCUT2D eigenvalue weighted by molar-refractivity contribution is 5.29. The van der Waals surface area contributed by atoms with E-state index in [-0.39, 0.29) is 11.9 Å². The van der Waals surface area contributed by atoms with Gasteiger partial charge in [0.1, 0.15) is 11.5 Å². The lowest BCUT2D eigenvalue weighted by Crippen LogP contribution is -2.34. The van der Waals surface area contributed by atoms with Gasteiger partial charge in [0.15, 0.2) is 0 Å². The van der Waals surface area contributed by atoms with Crippen LogP contribution < -0.4 is 5.73 Å². The SMILES string of the molecule is Cc1cc(F)cc(C2(F)CCC(N)CC2)c1. The van der Waals surface area contributed by atoms with E-state index in [1.54, 1.807) is 13.0 Å². The molecule has 0 aliphatic heterocycles. The molecule has 0 unspecified atom stereocenters. The Morgan fingerprint density at radius 1 is 1.25 bits per heavy atom. The van der Waals surface area contributed by atoms with Gasteiger partial charge in [-0.15, -0.1) is 0 Å². The number of rotatable bonds is 1. The lowest BCUT2D eigenvalue weighted by Gasteiger charge is -2.33. The Morgan fingerprint density at radius 3 is 2.44 bits per heavy atom. The summed E-state index contributed by atoms with van der Waals surface area (Å²) in [6, 6.07) is 4.56. The van der Waals surface area contributed by atoms with Gasteiger partial charge in [0.2, 0.25) is 0 Å². The number of aryl methyl sites for hydroxylation is 1. The number of hydrogen-bond acceptors (Lipinski definition) is 1. The van der Waals surface area contributed by atoms with Crippen LogP contribution in [-0.4, -0.2) is 6.04 Å². The van der Waals surface area contributed by atoms with Crippen LogP contribution in [-0.2, 0) is 5.67 Å². The van der Waals surface area contributed by atoms with Crippen LogP contribution in [0.4, 0.5) is 8.78 Å². The van der Waals surface area contributed by atoms with Crippen molar-refractivity contribution in [1.82, 2.24) is 0 Å². The first-order valence-corrected chi connectivity index (χ1v) is 5.72. The predicted molar refractivity (Wildman–Crippen MR) is 60.4 cm³/mol. The third kappa shape index (κ3) is 2.24. The van der Waals surface area contributed by atoms with E-state index >= 15 is 0 Å². The van der Waals surface area contributed by atoms with E-state index in [0.29, 0.717) is 31.2 Å². The van der Waals surface area contributed by atoms with Crippen molar-refractivity contribution >= 4 is 0 Å². The molecule has 0 aromatic heterocycles. The van der Waals surface area contributed by atoms with Crippen LogP contribution in [0.25, 0.3) is 0 Å². The Labute approximate surface area is 94.7 Å². The van der Waals surface area contributed by atoms with Crippen LogP contribution in [0.5, 0.6) is 0 Å². The minimum absolute atomic E-state index is 0.0959. The fourth-order valence-corrected chi connectivity index (χ4v) is 2.38. The Bertz CT molecular complexity index is 361. The summed E-state index contributed by atoms with van der Waals surface area (Å²) in [6.45, 7) is 1.78. The van der Waals surface area contributed by atoms with E-state index in [4.69, 9.17) is 5.73 Å². The molecular formula is C13H17F2N. The number of halogens is 2. The normalized spacial score (nSPS) is 30.4. The molecule has 16 heavy (non-hydrogen) atoms. The molecule has 1 aliphatic carbocycles. The molecule has 0 amide bonds. The molecular weight excluding hydrogens is 208 g/mol. The van der Waals surface area contributed by atoms with Gasteiger partial charge in [-0.2, -0.15) is 0 Å². The fourth-order valence-electron chi connectivity index (χ4n) is 2.38. The van der Waals surface area contributed by atoms with Gasteiger partial charge >= 0.3 is 0 Å². The molecule has 0 saturated heterocycles. The number of nitrogens with two attached hydrogens (primary N) is 1. The summed E-state index contributed by atoms with van der Waals surface area (Å²) in [6.07, 6.45) is 2.15. The fraction of sp³-hybridized carbons (Fsp3) is 0.538. The van der Waals surface area contributed by atoms with Gasteiger partial charge in [0.25, 0.3) is 0 Å². The maximum atomic E-state index is 14.6. The van der Waals surface area contributed by atoms with Crippen molar-refractivity contribution in [1.29, 1.82) is 0 Å². The molecule has 1 aliphatic rings. The van der Waals surface area contributed by atoms with Crippen molar-refractivity contribution in [3.63, 3.8) is 0 Å². The second-order valence-corrected chi connectivity index (χ2v) is 4.82. The van der Waals surface area contributed by atoms with Crippen LogP contribution in [0.2, 0.25) is 0 Å². The van der Waals surface area contributed by atoms with E-state index in [0.717, 1.165) is 5.56 Å². The molecule has 0 heterocycles. The van der Waals surface area contributed by atoms with Gasteiger partial charge < -0.3 is 5.73 Å². The quantitative estimate of drug-likeness (QED) is 0.780. The summed E-state index contributed by atoms with van der Waals surface area (Å²) < 4.78 is 27.9. The molecule has 1 saturated carbocycles. The molecule has 2 rings (SSSR count). The lowest BCUT2D eigenvalue weighted by atomic mass is 9.79. The van der Waals surface area contributed by atoms with Gasteiger partial charge in [-0.3, -0.25) is 0 Å². The zero-order chi connectivity index (χ0) is 11.8. The number of alkyl halides is 1. The molecule has 88 valence electrons. The van der Waals surface area contributed by atoms with Gasteiger partial charge in [-0.1, -0.05) is 6.07 Å². The third-order valence-corrected chi connectivity index (χ3v) is 3.38. The largest absolute Gasteiger partial charge is 0.328 e. The van der Waals surface area contributed by atoms with Crippen LogP contribution in [0.1, 0.15) is 36.8 Å². The monoisotopic (exact) mass is 225 g/mol. The Morgan fingerprint density at radius 2 is 1.88 bits per heavy atom. The Hall–Kier alpha value is -0.960. The molecule has 0 radical (unpaired) electrons. The van der Waals surface area contributed by atoms with E-state index < -0.39 is 5.67 Å². The van der Waals surface area contributed by atoms with Crippen molar-refractivity contribution in [3.8, 4) is 0 Å². The molecule has 1 aromatic carbocycles. The zero-order valence-electron chi connectivity index (χ0n) is 9.47. The summed E-state index contributed by atoms with van der Waals surface area (Å²) in [7, 11) is 0. The average Bonchev–Trinajstić information content (AvgIpc) is 2.21. The summed E-state index contributed by atoms with van der Waals surface area (Å²) >= 11 is 0. The second-order valence-electron chi connectivity index (χ2n) is 4.82. The van der Waals surface area contributed by atoms with Crippen molar-refractivity contribution in [2.24, 2.45) is 5.73 Å². The Kier molecular flexibility index (Phi) is 2.98. The van der Waals surface area contributed by atoms with Crippen molar-refractivity contribution in [3.05, 3.63) is 35.1 Å². The third-order valence-electron chi connectivity index (χ3n) is 3.38. The van der Waals surface area contributed by atoms with Crippen molar-refractivity contribution < 1.29 is 8.78 Å².